The maximum absolute atomic E-state index is 13.0. The molecule has 2 atom stereocenters. The molecule has 0 rings (SSSR count). The molecular weight excluding hydrogens is 1270 g/mol. The molecule has 1 N–H and O–H groups in total. The standard InChI is InChI=1S/C91H180NO8P/c1-6-8-10-12-14-16-18-20-22-24-26-28-30-32-34-36-38-40-42-44-45-46-47-48-50-52-54-56-58-60-62-64-66-68-70-72-74-76-78-80-82-84-91(94)100-89(88-99-101(95,96)98-86-85-92(3,4)5)87-97-90(93)83-81-79-77-75-73-71-69-67-65-63-61-59-57-55-53-51-49-43-41-39-37-35-33-31-29-27-25-23-21-19-17-15-13-11-9-7-2/h24,26,89H,6-23,25,27-88H2,1-5H3/p+1/b26-24-. The Morgan fingerprint density at radius 3 is 0.733 bits per heavy atom. The Morgan fingerprint density at radius 2 is 0.505 bits per heavy atom. The van der Waals surface area contributed by atoms with Crippen LogP contribution in [0.2, 0.25) is 0 Å². The molecule has 0 spiro atoms. The van der Waals surface area contributed by atoms with Gasteiger partial charge in [-0.25, -0.2) is 4.57 Å². The molecule has 10 heteroatoms. The number of hydrogen-bond acceptors (Lipinski definition) is 7. The van der Waals surface area contributed by atoms with Crippen LogP contribution in [0, 0.1) is 0 Å². The topological polar surface area (TPSA) is 108 Å². The van der Waals surface area contributed by atoms with Crippen molar-refractivity contribution < 1.29 is 42.1 Å². The summed E-state index contributed by atoms with van der Waals surface area (Å²) in [5.74, 6) is -0.763. The summed E-state index contributed by atoms with van der Waals surface area (Å²) in [5.41, 5.74) is 0. The van der Waals surface area contributed by atoms with Gasteiger partial charge in [0.05, 0.1) is 27.7 Å². The van der Waals surface area contributed by atoms with Gasteiger partial charge in [0.1, 0.15) is 19.8 Å². The summed E-state index contributed by atoms with van der Waals surface area (Å²) < 4.78 is 34.9. The van der Waals surface area contributed by atoms with E-state index in [-0.39, 0.29) is 25.6 Å². The number of likely N-dealkylation sites (N-methyl/N-ethyl adjacent to an activating group) is 1. The lowest BCUT2D eigenvalue weighted by molar-refractivity contribution is -0.870. The van der Waals surface area contributed by atoms with E-state index < -0.39 is 26.5 Å². The van der Waals surface area contributed by atoms with Gasteiger partial charge >= 0.3 is 19.8 Å². The van der Waals surface area contributed by atoms with E-state index in [0.717, 1.165) is 38.5 Å². The summed E-state index contributed by atoms with van der Waals surface area (Å²) in [6.07, 6.45) is 107. The van der Waals surface area contributed by atoms with Crippen LogP contribution >= 0.6 is 7.82 Å². The molecule has 0 aromatic heterocycles. The lowest BCUT2D eigenvalue weighted by Gasteiger charge is -2.24. The van der Waals surface area contributed by atoms with E-state index in [1.807, 2.05) is 21.1 Å². The first-order chi connectivity index (χ1) is 49.5. The quantitative estimate of drug-likeness (QED) is 0.0211. The van der Waals surface area contributed by atoms with Gasteiger partial charge < -0.3 is 18.9 Å². The molecule has 0 aliphatic rings. The molecule has 0 amide bonds. The minimum absolute atomic E-state index is 0.0374. The van der Waals surface area contributed by atoms with Gasteiger partial charge in [-0.05, 0) is 38.5 Å². The summed E-state index contributed by atoms with van der Waals surface area (Å²) in [6.45, 7) is 4.54. The van der Waals surface area contributed by atoms with Crippen molar-refractivity contribution in [2.75, 3.05) is 47.5 Å². The number of unbranched alkanes of at least 4 members (excludes halogenated alkanes) is 72. The Kier molecular flexibility index (Phi) is 81.8. The zero-order valence-electron chi connectivity index (χ0n) is 69.2. The van der Waals surface area contributed by atoms with Crippen molar-refractivity contribution in [3.63, 3.8) is 0 Å². The van der Waals surface area contributed by atoms with Crippen molar-refractivity contribution >= 4 is 19.8 Å². The molecule has 101 heavy (non-hydrogen) atoms. The number of allylic oxidation sites excluding steroid dienone is 2. The lowest BCUT2D eigenvalue weighted by Crippen LogP contribution is -2.37. The number of carbonyl (C=O) groups is 2. The van der Waals surface area contributed by atoms with Crippen LogP contribution < -0.4 is 0 Å². The van der Waals surface area contributed by atoms with Gasteiger partial charge in [0.25, 0.3) is 0 Å². The Hall–Kier alpha value is -1.25. The minimum Gasteiger partial charge on any atom is -0.462 e. The summed E-state index contributed by atoms with van der Waals surface area (Å²) in [5, 5.41) is 0. The van der Waals surface area contributed by atoms with Crippen molar-refractivity contribution in [2.45, 2.75) is 514 Å². The van der Waals surface area contributed by atoms with Gasteiger partial charge in [-0.15, -0.1) is 0 Å². The summed E-state index contributed by atoms with van der Waals surface area (Å²) in [6, 6.07) is 0. The average molecular weight is 1450 g/mol. The number of esters is 2. The Bertz CT molecular complexity index is 1700. The first-order valence-electron chi connectivity index (χ1n) is 45.9. The zero-order valence-corrected chi connectivity index (χ0v) is 70.1. The Morgan fingerprint density at radius 1 is 0.297 bits per heavy atom. The molecule has 0 fully saturated rings. The van der Waals surface area contributed by atoms with Crippen molar-refractivity contribution in [2.24, 2.45) is 0 Å². The molecule has 0 aromatic carbocycles. The number of phosphoric ester groups is 1. The molecule has 602 valence electrons. The zero-order chi connectivity index (χ0) is 73.3. The van der Waals surface area contributed by atoms with E-state index in [1.165, 1.54) is 443 Å². The Balaban J connectivity index is 3.81. The largest absolute Gasteiger partial charge is 0.472 e. The van der Waals surface area contributed by atoms with Crippen LogP contribution in [0.3, 0.4) is 0 Å². The van der Waals surface area contributed by atoms with Crippen molar-refractivity contribution in [3.05, 3.63) is 12.2 Å². The number of nitrogens with zero attached hydrogens (tertiary/aromatic N) is 1. The van der Waals surface area contributed by atoms with Gasteiger partial charge in [-0.3, -0.25) is 18.6 Å². The van der Waals surface area contributed by atoms with Crippen LogP contribution in [0.1, 0.15) is 508 Å². The molecule has 0 saturated heterocycles. The molecule has 9 nitrogen and oxygen atoms in total. The normalized spacial score (nSPS) is 12.9. The first-order valence-corrected chi connectivity index (χ1v) is 47.4. The summed E-state index contributed by atoms with van der Waals surface area (Å²) in [7, 11) is 1.51. The van der Waals surface area contributed by atoms with Crippen molar-refractivity contribution in [1.29, 1.82) is 0 Å². The molecule has 0 aliphatic carbocycles. The number of hydrogen-bond donors (Lipinski definition) is 1. The number of quaternary nitrogens is 1. The van der Waals surface area contributed by atoms with Crippen LogP contribution in [0.4, 0.5) is 0 Å². The third kappa shape index (κ3) is 87.6. The number of carbonyl (C=O) groups excluding carboxylic acids is 2. The monoisotopic (exact) mass is 1450 g/mol. The molecule has 2 unspecified atom stereocenters. The highest BCUT2D eigenvalue weighted by atomic mass is 31.2. The lowest BCUT2D eigenvalue weighted by atomic mass is 10.0. The molecule has 0 aliphatic heterocycles. The van der Waals surface area contributed by atoms with Gasteiger partial charge in [0, 0.05) is 12.8 Å². The molecule has 0 saturated carbocycles. The predicted octanol–water partition coefficient (Wildman–Crippen LogP) is 30.9. The number of phosphoric acid groups is 1. The highest BCUT2D eigenvalue weighted by Crippen LogP contribution is 2.43. The van der Waals surface area contributed by atoms with Crippen LogP contribution in [0.15, 0.2) is 12.2 Å². The van der Waals surface area contributed by atoms with E-state index in [9.17, 15) is 19.0 Å². The fourth-order valence-corrected chi connectivity index (χ4v) is 15.3. The molecule has 0 bridgehead atoms. The smallest absolute Gasteiger partial charge is 0.462 e. The second-order valence-corrected chi connectivity index (χ2v) is 34.5. The van der Waals surface area contributed by atoms with E-state index in [0.29, 0.717) is 17.4 Å². The molecular formula is C91H181NO8P+. The van der Waals surface area contributed by atoms with Gasteiger partial charge in [0.2, 0.25) is 0 Å². The van der Waals surface area contributed by atoms with Crippen LogP contribution in [0.5, 0.6) is 0 Å². The predicted molar refractivity (Wildman–Crippen MR) is 441 cm³/mol. The maximum Gasteiger partial charge on any atom is 0.472 e. The second kappa shape index (κ2) is 82.8. The second-order valence-electron chi connectivity index (χ2n) is 33.1. The average Bonchev–Trinajstić information content (AvgIpc) is 1.02. The molecule has 0 aromatic rings. The fraction of sp³-hybridized carbons (Fsp3) is 0.956. The van der Waals surface area contributed by atoms with Crippen molar-refractivity contribution in [1.82, 2.24) is 0 Å². The number of rotatable bonds is 88. The summed E-state index contributed by atoms with van der Waals surface area (Å²) in [4.78, 5) is 36.1. The van der Waals surface area contributed by atoms with Gasteiger partial charge in [0.15, 0.2) is 6.10 Å². The van der Waals surface area contributed by atoms with Crippen molar-refractivity contribution in [3.8, 4) is 0 Å². The van der Waals surface area contributed by atoms with Gasteiger partial charge in [-0.2, -0.15) is 0 Å². The first kappa shape index (κ1) is 99.8. The SMILES string of the molecule is CCCCCCCCCC/C=C\CCCCCCCCCCCCCCCCCCCCCCCCCCCCCCCC(=O)OC(COC(=O)CCCCCCCCCCCCCCCCCCCCCCCCCCCCCCCCCCCCCC)COP(=O)(O)OCC[N+](C)(C)C. The van der Waals surface area contributed by atoms with E-state index in [2.05, 4.69) is 26.0 Å². The third-order valence-corrected chi connectivity index (χ3v) is 22.5. The number of ether oxygens (including phenoxy) is 2. The van der Waals surface area contributed by atoms with Crippen LogP contribution in [-0.2, 0) is 32.7 Å². The third-order valence-electron chi connectivity index (χ3n) is 21.5. The van der Waals surface area contributed by atoms with Gasteiger partial charge in [-0.1, -0.05) is 469 Å². The minimum atomic E-state index is -4.39. The fourth-order valence-electron chi connectivity index (χ4n) is 14.6. The van der Waals surface area contributed by atoms with E-state index in [4.69, 9.17) is 18.5 Å². The van der Waals surface area contributed by atoms with E-state index in [1.54, 1.807) is 0 Å². The molecule has 0 heterocycles. The van der Waals surface area contributed by atoms with Crippen LogP contribution in [-0.4, -0.2) is 74.9 Å². The highest BCUT2D eigenvalue weighted by Gasteiger charge is 2.27. The highest BCUT2D eigenvalue weighted by molar-refractivity contribution is 7.47. The molecule has 0 radical (unpaired) electrons. The van der Waals surface area contributed by atoms with Crippen LogP contribution in [0.25, 0.3) is 0 Å². The van der Waals surface area contributed by atoms with E-state index >= 15 is 0 Å². The Labute approximate surface area is 632 Å². The maximum atomic E-state index is 13.0. The summed E-state index contributed by atoms with van der Waals surface area (Å²) >= 11 is 0.